The number of thiophene rings is 1. The maximum atomic E-state index is 13.7. The van der Waals surface area contributed by atoms with Crippen LogP contribution in [0.5, 0.6) is 5.88 Å². The monoisotopic (exact) mass is 597 g/mol. The molecule has 0 aliphatic carbocycles. The number of carboxylic acid groups (broad SMARTS) is 1. The summed E-state index contributed by atoms with van der Waals surface area (Å²) in [5, 5.41) is 19.0. The number of ether oxygens (including phenoxy) is 1. The largest absolute Gasteiger partial charge is 0.481 e. The zero-order valence-electron chi connectivity index (χ0n) is 24.1. The fourth-order valence-corrected chi connectivity index (χ4v) is 8.34. The lowest BCUT2D eigenvalue weighted by atomic mass is 9.72. The summed E-state index contributed by atoms with van der Waals surface area (Å²) in [4.78, 5) is 18.6. The van der Waals surface area contributed by atoms with Crippen molar-refractivity contribution in [2.24, 2.45) is 5.41 Å². The molecule has 218 valence electrons. The quantitative estimate of drug-likeness (QED) is 0.296. The molecule has 0 radical (unpaired) electrons. The smallest absolute Gasteiger partial charge is 0.310 e. The average Bonchev–Trinajstić information content (AvgIpc) is 3.49. The van der Waals surface area contributed by atoms with Crippen LogP contribution in [0.25, 0.3) is 11.0 Å². The summed E-state index contributed by atoms with van der Waals surface area (Å²) in [6.07, 6.45) is 1.80. The summed E-state index contributed by atoms with van der Waals surface area (Å²) < 4.78 is 36.7. The van der Waals surface area contributed by atoms with Gasteiger partial charge in [-0.25, -0.2) is 18.1 Å². The number of rotatable bonds is 8. The third kappa shape index (κ3) is 5.02. The van der Waals surface area contributed by atoms with Crippen molar-refractivity contribution in [3.05, 3.63) is 63.0 Å². The van der Waals surface area contributed by atoms with Crippen molar-refractivity contribution in [3.8, 4) is 5.88 Å². The molecule has 0 bridgehead atoms. The summed E-state index contributed by atoms with van der Waals surface area (Å²) in [5.41, 5.74) is 3.07. The van der Waals surface area contributed by atoms with E-state index in [-0.39, 0.29) is 30.0 Å². The molecule has 0 spiro atoms. The van der Waals surface area contributed by atoms with Crippen molar-refractivity contribution >= 4 is 38.4 Å². The Morgan fingerprint density at radius 1 is 1.24 bits per heavy atom. The number of fused-ring (bicyclic) bond motifs is 2. The zero-order valence-corrected chi connectivity index (χ0v) is 25.7. The van der Waals surface area contributed by atoms with Crippen LogP contribution < -0.4 is 4.74 Å². The summed E-state index contributed by atoms with van der Waals surface area (Å²) in [6, 6.07) is 9.01. The number of sulfonamides is 1. The van der Waals surface area contributed by atoms with E-state index in [4.69, 9.17) is 4.74 Å². The van der Waals surface area contributed by atoms with E-state index in [9.17, 15) is 18.3 Å². The molecule has 1 aliphatic heterocycles. The Labute approximate surface area is 244 Å². The Morgan fingerprint density at radius 2 is 2.00 bits per heavy atom. The number of carboxylic acids is 1. The van der Waals surface area contributed by atoms with Crippen LogP contribution in [-0.4, -0.2) is 56.4 Å². The van der Waals surface area contributed by atoms with E-state index in [0.29, 0.717) is 13.0 Å². The molecule has 10 nitrogen and oxygen atoms in total. The highest BCUT2D eigenvalue weighted by atomic mass is 32.2. The molecule has 0 amide bonds. The predicted molar refractivity (Wildman–Crippen MR) is 157 cm³/mol. The maximum Gasteiger partial charge on any atom is 0.310 e. The second-order valence-electron chi connectivity index (χ2n) is 11.0. The third-order valence-electron chi connectivity index (χ3n) is 8.03. The molecule has 4 aromatic rings. The average molecular weight is 598 g/mol. The second kappa shape index (κ2) is 10.8. The van der Waals surface area contributed by atoms with Gasteiger partial charge >= 0.3 is 5.97 Å². The molecule has 1 aliphatic rings. The highest BCUT2D eigenvalue weighted by Crippen LogP contribution is 2.47. The number of pyridine rings is 1. The fraction of sp³-hybridized carbons (Fsp3) is 0.448. The normalized spacial score (nSPS) is 18.0. The van der Waals surface area contributed by atoms with Gasteiger partial charge in [-0.1, -0.05) is 18.2 Å². The molecule has 2 atom stereocenters. The molecular weight excluding hydrogens is 562 g/mol. The first-order chi connectivity index (χ1) is 19.4. The Morgan fingerprint density at radius 3 is 2.68 bits per heavy atom. The van der Waals surface area contributed by atoms with E-state index in [1.165, 1.54) is 27.9 Å². The number of hydrogen-bond donors (Lipinski definition) is 1. The molecule has 41 heavy (non-hydrogen) atoms. The Bertz CT molecular complexity index is 1730. The van der Waals surface area contributed by atoms with E-state index in [0.717, 1.165) is 37.5 Å². The van der Waals surface area contributed by atoms with Crippen molar-refractivity contribution in [2.75, 3.05) is 6.54 Å². The molecule has 3 aromatic heterocycles. The summed E-state index contributed by atoms with van der Waals surface area (Å²) in [6.45, 7) is 12.3. The topological polar surface area (TPSA) is 128 Å². The first-order valence-electron chi connectivity index (χ1n) is 13.7. The lowest BCUT2D eigenvalue weighted by Crippen LogP contribution is -2.36. The molecule has 0 saturated carbocycles. The van der Waals surface area contributed by atoms with E-state index in [1.807, 2.05) is 50.6 Å². The highest BCUT2D eigenvalue weighted by molar-refractivity contribution is 7.89. The van der Waals surface area contributed by atoms with Gasteiger partial charge in [-0.3, -0.25) is 4.79 Å². The number of aliphatic carboxylic acids is 1. The van der Waals surface area contributed by atoms with Gasteiger partial charge in [-0.15, -0.1) is 16.4 Å². The van der Waals surface area contributed by atoms with Crippen LogP contribution in [-0.2, 0) is 27.9 Å². The van der Waals surface area contributed by atoms with Gasteiger partial charge in [0, 0.05) is 35.0 Å². The van der Waals surface area contributed by atoms with Crippen LogP contribution in [0.4, 0.5) is 0 Å². The van der Waals surface area contributed by atoms with Crippen LogP contribution in [0.3, 0.4) is 0 Å². The Kier molecular flexibility index (Phi) is 7.68. The standard InChI is InChI=1S/C29H35N5O5S2/c1-7-20-16-33(41(37,38)24-10-9-13-30-27(24)39-20)15-19-14-23(40-18(19)4)25(29(5,6)28(35)36)21-11-12-22-26(17(21)3)31-32-34(22)8-2/h9-14,20,25H,7-8,15-16H2,1-6H3,(H,35,36)/t20-,25?/m1/s1. The van der Waals surface area contributed by atoms with Gasteiger partial charge in [-0.2, -0.15) is 4.31 Å². The van der Waals surface area contributed by atoms with Gasteiger partial charge in [-0.05, 0) is 82.0 Å². The fourth-order valence-electron chi connectivity index (χ4n) is 5.47. The molecule has 4 heterocycles. The van der Waals surface area contributed by atoms with Crippen LogP contribution in [0.1, 0.15) is 66.5 Å². The number of hydrogen-bond acceptors (Lipinski definition) is 8. The van der Waals surface area contributed by atoms with Crippen LogP contribution in [0.2, 0.25) is 0 Å². The van der Waals surface area contributed by atoms with E-state index >= 15 is 0 Å². The third-order valence-corrected chi connectivity index (χ3v) is 11.0. The van der Waals surface area contributed by atoms with Crippen LogP contribution >= 0.6 is 11.3 Å². The molecule has 1 N–H and O–H groups in total. The molecule has 1 aromatic carbocycles. The number of nitrogens with zero attached hydrogens (tertiary/aromatic N) is 5. The minimum Gasteiger partial charge on any atom is -0.481 e. The highest BCUT2D eigenvalue weighted by Gasteiger charge is 2.42. The molecule has 5 rings (SSSR count). The van der Waals surface area contributed by atoms with Gasteiger partial charge < -0.3 is 9.84 Å². The first-order valence-corrected chi connectivity index (χ1v) is 15.9. The van der Waals surface area contributed by atoms with E-state index < -0.39 is 27.3 Å². The maximum absolute atomic E-state index is 13.7. The van der Waals surface area contributed by atoms with E-state index in [2.05, 4.69) is 15.3 Å². The van der Waals surface area contributed by atoms with Crippen molar-refractivity contribution in [1.29, 1.82) is 0 Å². The minimum atomic E-state index is -3.87. The van der Waals surface area contributed by atoms with Crippen LogP contribution in [0, 0.1) is 19.3 Å². The first kappa shape index (κ1) is 29.2. The lowest BCUT2D eigenvalue weighted by molar-refractivity contribution is -0.147. The Balaban J connectivity index is 1.59. The van der Waals surface area contributed by atoms with Gasteiger partial charge in [0.1, 0.15) is 16.5 Å². The number of aryl methyl sites for hydroxylation is 3. The van der Waals surface area contributed by atoms with Crippen molar-refractivity contribution in [3.63, 3.8) is 0 Å². The van der Waals surface area contributed by atoms with E-state index in [1.54, 1.807) is 19.9 Å². The zero-order chi connectivity index (χ0) is 29.7. The summed E-state index contributed by atoms with van der Waals surface area (Å²) in [5.74, 6) is -1.29. The van der Waals surface area contributed by atoms with Crippen LogP contribution in [0.15, 0.2) is 41.4 Å². The van der Waals surface area contributed by atoms with Crippen molar-refractivity contribution in [2.45, 2.75) is 78.0 Å². The number of benzene rings is 1. The van der Waals surface area contributed by atoms with Crippen molar-refractivity contribution in [1.82, 2.24) is 24.3 Å². The van der Waals surface area contributed by atoms with Gasteiger partial charge in [0.05, 0.1) is 17.5 Å². The number of carbonyl (C=O) groups is 1. The Hall–Kier alpha value is -3.35. The molecule has 0 saturated heterocycles. The second-order valence-corrected chi connectivity index (χ2v) is 14.2. The lowest BCUT2D eigenvalue weighted by Gasteiger charge is -2.31. The molecule has 0 fully saturated rings. The summed E-state index contributed by atoms with van der Waals surface area (Å²) in [7, 11) is -3.87. The minimum absolute atomic E-state index is 0.0537. The molecule has 1 unspecified atom stereocenters. The number of aromatic nitrogens is 4. The predicted octanol–water partition coefficient (Wildman–Crippen LogP) is 5.13. The molecule has 12 heteroatoms. The van der Waals surface area contributed by atoms with Crippen molar-refractivity contribution < 1.29 is 23.1 Å². The van der Waals surface area contributed by atoms with Gasteiger partial charge in [0.25, 0.3) is 0 Å². The van der Waals surface area contributed by atoms with Gasteiger partial charge in [0.2, 0.25) is 15.9 Å². The molecular formula is C29H35N5O5S2. The van der Waals surface area contributed by atoms with Gasteiger partial charge in [0.15, 0.2) is 0 Å². The summed E-state index contributed by atoms with van der Waals surface area (Å²) >= 11 is 1.50. The SMILES string of the molecule is CC[C@@H]1CN(Cc2cc(C(c3ccc4c(nnn4CC)c3C)C(C)(C)C(=O)O)sc2C)S(=O)(=O)c2cccnc2O1.